The average molecular weight is 883 g/mol. The summed E-state index contributed by atoms with van der Waals surface area (Å²) in [6.07, 6.45) is 32.1. The molecule has 2 aliphatic carbocycles. The predicted octanol–water partition coefficient (Wildman–Crippen LogP) is 19.6. The largest absolute Gasteiger partial charge is 0.293 e. The highest BCUT2D eigenvalue weighted by molar-refractivity contribution is 6.13. The molecule has 66 heavy (non-hydrogen) atoms. The van der Waals surface area contributed by atoms with Crippen LogP contribution in [0.25, 0.3) is 33.2 Å². The molecule has 0 N–H and O–H groups in total. The number of benzene rings is 4. The number of nitrogens with zero attached hydrogens (tertiary/aromatic N) is 2. The van der Waals surface area contributed by atoms with E-state index in [0.29, 0.717) is 0 Å². The zero-order valence-electron chi connectivity index (χ0n) is 43.8. The second kappa shape index (κ2) is 34.5. The van der Waals surface area contributed by atoms with Crippen molar-refractivity contribution in [1.82, 2.24) is 0 Å². The van der Waals surface area contributed by atoms with E-state index in [0.717, 1.165) is 56.5 Å². The fraction of sp³-hybridized carbons (Fsp3) is 0.344. The summed E-state index contributed by atoms with van der Waals surface area (Å²) < 4.78 is 0. The van der Waals surface area contributed by atoms with E-state index in [4.69, 9.17) is 0 Å². The third-order valence-electron chi connectivity index (χ3n) is 10.6. The Hall–Kier alpha value is -5.86. The Labute approximate surface area is 404 Å². The summed E-state index contributed by atoms with van der Waals surface area (Å²) in [5.74, 6) is 0. The van der Waals surface area contributed by atoms with Gasteiger partial charge in [0.25, 0.3) is 0 Å². The van der Waals surface area contributed by atoms with E-state index in [2.05, 4.69) is 186 Å². The molecule has 0 aromatic heterocycles. The first kappa shape index (κ1) is 58.2. The molecule has 352 valence electrons. The zero-order valence-corrected chi connectivity index (χ0v) is 43.8. The molecule has 2 nitrogen and oxygen atoms in total. The van der Waals surface area contributed by atoms with E-state index in [1.165, 1.54) is 83.7 Å². The van der Waals surface area contributed by atoms with Gasteiger partial charge in [-0.2, -0.15) is 0 Å². The molecule has 0 fully saturated rings. The molecule has 1 aliphatic heterocycles. The van der Waals surface area contributed by atoms with Crippen molar-refractivity contribution in [3.8, 4) is 0 Å². The molecule has 2 heteroatoms. The monoisotopic (exact) mass is 883 g/mol. The minimum Gasteiger partial charge on any atom is -0.293 e. The van der Waals surface area contributed by atoms with Crippen LogP contribution in [0.1, 0.15) is 144 Å². The fourth-order valence-corrected chi connectivity index (χ4v) is 7.58. The highest BCUT2D eigenvalue weighted by Crippen LogP contribution is 2.40. The number of aryl methyl sites for hydroxylation is 2. The van der Waals surface area contributed by atoms with Crippen LogP contribution in [0.4, 0.5) is 0 Å². The van der Waals surface area contributed by atoms with Crippen LogP contribution in [0.5, 0.6) is 0 Å². The second-order valence-corrected chi connectivity index (χ2v) is 15.5. The van der Waals surface area contributed by atoms with Crippen LogP contribution < -0.4 is 0 Å². The lowest BCUT2D eigenvalue weighted by Gasteiger charge is -2.22. The summed E-state index contributed by atoms with van der Waals surface area (Å²) in [7, 11) is 0. The van der Waals surface area contributed by atoms with Gasteiger partial charge in [0.05, 0.1) is 6.54 Å². The summed E-state index contributed by atoms with van der Waals surface area (Å²) in [6.45, 7) is 38.2. The molecule has 0 unspecified atom stereocenters. The first-order valence-electron chi connectivity index (χ1n) is 24.9. The molecular formula is C64H86N2. The number of dihydropyridines is 1. The smallest absolute Gasteiger partial charge is 0.0607 e. The first-order chi connectivity index (χ1) is 32.2. The summed E-state index contributed by atoms with van der Waals surface area (Å²) in [5, 5.41) is 5.55. The van der Waals surface area contributed by atoms with Gasteiger partial charge in [-0.15, -0.1) is 0 Å². The summed E-state index contributed by atoms with van der Waals surface area (Å²) >= 11 is 0. The van der Waals surface area contributed by atoms with Gasteiger partial charge in [0.15, 0.2) is 0 Å². The summed E-state index contributed by atoms with van der Waals surface area (Å²) in [6, 6.07) is 26.3. The van der Waals surface area contributed by atoms with Crippen molar-refractivity contribution in [3.63, 3.8) is 0 Å². The van der Waals surface area contributed by atoms with E-state index in [-0.39, 0.29) is 0 Å². The molecule has 4 aromatic carbocycles. The second-order valence-electron chi connectivity index (χ2n) is 15.5. The Bertz CT molecular complexity index is 2410. The number of aliphatic imine (C=N–C) groups is 2. The minimum atomic E-state index is 0.768. The van der Waals surface area contributed by atoms with Gasteiger partial charge >= 0.3 is 0 Å². The van der Waals surface area contributed by atoms with Crippen molar-refractivity contribution >= 4 is 45.1 Å². The quantitative estimate of drug-likeness (QED) is 0.0909. The normalized spacial score (nSPS) is 14.2. The number of hydrogen-bond donors (Lipinski definition) is 0. The Kier molecular flexibility index (Phi) is 30.4. The molecule has 7 rings (SSSR count). The van der Waals surface area contributed by atoms with Crippen LogP contribution in [0.15, 0.2) is 190 Å². The van der Waals surface area contributed by atoms with E-state index in [1.54, 1.807) is 6.08 Å². The third-order valence-corrected chi connectivity index (χ3v) is 10.6. The molecule has 0 atom stereocenters. The van der Waals surface area contributed by atoms with Crippen LogP contribution >= 0.6 is 0 Å². The van der Waals surface area contributed by atoms with Gasteiger partial charge in [-0.25, -0.2) is 0 Å². The fourth-order valence-electron chi connectivity index (χ4n) is 7.58. The van der Waals surface area contributed by atoms with Crippen LogP contribution in [0.2, 0.25) is 0 Å². The molecule has 0 saturated heterocycles. The van der Waals surface area contributed by atoms with Crippen molar-refractivity contribution in [2.75, 3.05) is 13.1 Å². The van der Waals surface area contributed by atoms with Crippen molar-refractivity contribution in [1.29, 1.82) is 0 Å². The number of fused-ring (bicyclic) bond motifs is 6. The molecular weight excluding hydrogens is 797 g/mol. The Morgan fingerprint density at radius 2 is 1.36 bits per heavy atom. The molecule has 4 aromatic rings. The van der Waals surface area contributed by atoms with Crippen LogP contribution in [0, 0.1) is 6.92 Å². The van der Waals surface area contributed by atoms with Crippen LogP contribution in [-0.2, 0) is 6.42 Å². The molecule has 0 radical (unpaired) electrons. The third kappa shape index (κ3) is 18.6. The van der Waals surface area contributed by atoms with Crippen molar-refractivity contribution in [2.45, 2.75) is 135 Å². The molecule has 0 spiro atoms. The Balaban J connectivity index is 0.000000469. The first-order valence-corrected chi connectivity index (χ1v) is 24.9. The van der Waals surface area contributed by atoms with E-state index < -0.39 is 0 Å². The lowest BCUT2D eigenvalue weighted by molar-refractivity contribution is 0.905. The lowest BCUT2D eigenvalue weighted by Crippen LogP contribution is -2.03. The molecule has 0 saturated carbocycles. The standard InChI is InChI=1S/C25H24.C15H20N2.C15H16.C3H8.3C2H6/c1-4-8-18(5-2)19-12-14-23-21-10-7-6-9-20(21)22-13-11-17(3)15-24(22)25(23)16-19;1-4-6-15(7-5-2)13(3)17-12-14-8-10-16-11-9-14;1-12(2)14-9-6-10-15(11-14)13-7-4-3-5-8-13;1-3-2;3*1-2/h4-11,13,15-16H,12,14H2,1-3H3;4-8,10H,1,9,11-12H2,2-3H3;3-5,7-8,10-11H,1,6,9H2,2H3;3H2,1-2H3;3*1-2H3/b8-4-,18-5+;7-5-,15-6+,17-13?;;;;;. The lowest BCUT2D eigenvalue weighted by atomic mass is 9.82. The molecule has 3 aliphatic rings. The Morgan fingerprint density at radius 1 is 0.727 bits per heavy atom. The van der Waals surface area contributed by atoms with E-state index in [9.17, 15) is 0 Å². The van der Waals surface area contributed by atoms with Crippen molar-refractivity contribution in [3.05, 3.63) is 202 Å². The topological polar surface area (TPSA) is 24.7 Å². The van der Waals surface area contributed by atoms with Crippen molar-refractivity contribution in [2.24, 2.45) is 9.98 Å². The maximum Gasteiger partial charge on any atom is 0.0607 e. The Morgan fingerprint density at radius 3 is 1.95 bits per heavy atom. The minimum absolute atomic E-state index is 0.768. The van der Waals surface area contributed by atoms with Gasteiger partial charge in [-0.1, -0.05) is 220 Å². The zero-order chi connectivity index (χ0) is 49.3. The predicted molar refractivity (Wildman–Crippen MR) is 305 cm³/mol. The number of rotatable bonds is 9. The van der Waals surface area contributed by atoms with Gasteiger partial charge < -0.3 is 0 Å². The number of hydrogen-bond acceptors (Lipinski definition) is 2. The molecule has 1 heterocycles. The molecule has 0 amide bonds. The molecule has 0 bridgehead atoms. The van der Waals surface area contributed by atoms with Gasteiger partial charge in [-0.05, 0) is 151 Å². The van der Waals surface area contributed by atoms with Gasteiger partial charge in [0, 0.05) is 18.5 Å². The van der Waals surface area contributed by atoms with Gasteiger partial charge in [0.1, 0.15) is 0 Å². The summed E-state index contributed by atoms with van der Waals surface area (Å²) in [5.41, 5.74) is 15.8. The van der Waals surface area contributed by atoms with Crippen molar-refractivity contribution < 1.29 is 0 Å². The summed E-state index contributed by atoms with van der Waals surface area (Å²) in [4.78, 5) is 8.77. The highest BCUT2D eigenvalue weighted by Gasteiger charge is 2.18. The van der Waals surface area contributed by atoms with E-state index in [1.807, 2.05) is 73.8 Å². The van der Waals surface area contributed by atoms with E-state index >= 15 is 0 Å². The SMILES string of the molecule is C/C=C\C(=C/C)C1=Cc2c(c3ccccc3c3ccc(C)cc23)CC1.C=C(C)C1=CC(c2ccccc2)=CCC1.C=C/C=C(\C=C/C)C(C)=NCC1=CC=NCC1.CC.CC.CC.CCC. The maximum absolute atomic E-state index is 4.60. The number of allylic oxidation sites excluding steroid dienone is 16. The van der Waals surface area contributed by atoms with Crippen LogP contribution in [-0.4, -0.2) is 25.0 Å². The van der Waals surface area contributed by atoms with Gasteiger partial charge in [-0.3, -0.25) is 9.98 Å². The maximum atomic E-state index is 4.60. The highest BCUT2D eigenvalue weighted by atomic mass is 14.8. The van der Waals surface area contributed by atoms with Gasteiger partial charge in [0.2, 0.25) is 0 Å². The average Bonchev–Trinajstić information content (AvgIpc) is 3.37. The van der Waals surface area contributed by atoms with Crippen LogP contribution in [0.3, 0.4) is 0 Å².